The molecule has 0 saturated carbocycles. The van der Waals surface area contributed by atoms with Crippen LogP contribution in [0.3, 0.4) is 0 Å². The minimum Gasteiger partial charge on any atom is -0.506 e. The van der Waals surface area contributed by atoms with Crippen molar-refractivity contribution in [2.24, 2.45) is 0 Å². The summed E-state index contributed by atoms with van der Waals surface area (Å²) >= 11 is 6.60. The Balaban J connectivity index is 2.08. The van der Waals surface area contributed by atoms with E-state index < -0.39 is 0 Å². The fourth-order valence-electron chi connectivity index (χ4n) is 2.27. The number of hydrogen-bond acceptors (Lipinski definition) is 3. The van der Waals surface area contributed by atoms with E-state index in [9.17, 15) is 9.90 Å². The van der Waals surface area contributed by atoms with Crippen LogP contribution in [0.5, 0.6) is 11.5 Å². The number of Topliss-reactive ketones (excluding diaryl/α,β-unsaturated/α-hetero) is 1. The summed E-state index contributed by atoms with van der Waals surface area (Å²) in [5.74, 6) is 0.204. The maximum Gasteiger partial charge on any atom is 0.174 e. The third-order valence-electron chi connectivity index (χ3n) is 3.24. The van der Waals surface area contributed by atoms with Crippen molar-refractivity contribution in [1.29, 1.82) is 0 Å². The molecule has 2 aromatic carbocycles. The van der Waals surface area contributed by atoms with Crippen LogP contribution in [-0.2, 0) is 0 Å². The topological polar surface area (TPSA) is 46.5 Å². The molecule has 0 amide bonds. The normalized spacial score (nSPS) is 17.5. The lowest BCUT2D eigenvalue weighted by Crippen LogP contribution is -2.21. The fourth-order valence-corrected chi connectivity index (χ4v) is 3.53. The Bertz CT molecular complexity index is 683. The van der Waals surface area contributed by atoms with Crippen LogP contribution < -0.4 is 4.74 Å². The van der Waals surface area contributed by atoms with Crippen LogP contribution in [0.1, 0.15) is 28.4 Å². The number of ketones is 1. The number of benzene rings is 2. The molecule has 0 saturated heterocycles. The zero-order valence-electron chi connectivity index (χ0n) is 10.3. The second kappa shape index (κ2) is 5.22. The Hall–Kier alpha value is -1.33. The number of aromatic hydroxyl groups is 1. The Kier molecular flexibility index (Phi) is 3.56. The van der Waals surface area contributed by atoms with Gasteiger partial charge < -0.3 is 9.84 Å². The summed E-state index contributed by atoms with van der Waals surface area (Å²) in [5, 5.41) is 10.0. The van der Waals surface area contributed by atoms with Gasteiger partial charge in [0.1, 0.15) is 23.2 Å². The van der Waals surface area contributed by atoms with E-state index in [4.69, 9.17) is 4.74 Å². The summed E-state index contributed by atoms with van der Waals surface area (Å²) in [6.45, 7) is 0. The highest BCUT2D eigenvalue weighted by molar-refractivity contribution is 9.11. The molecule has 1 aliphatic rings. The molecule has 0 fully saturated rings. The number of carbonyl (C=O) groups is 1. The molecule has 3 nitrogen and oxygen atoms in total. The molecule has 20 heavy (non-hydrogen) atoms. The number of phenolic OH excluding ortho intramolecular Hbond substituents is 1. The van der Waals surface area contributed by atoms with Crippen LogP contribution in [0.2, 0.25) is 0 Å². The second-order valence-corrected chi connectivity index (χ2v) is 6.25. The molecule has 0 spiro atoms. The van der Waals surface area contributed by atoms with Gasteiger partial charge in [-0.1, -0.05) is 30.3 Å². The first kappa shape index (κ1) is 13.6. The summed E-state index contributed by atoms with van der Waals surface area (Å²) in [6.07, 6.45) is -0.110. The molecule has 1 N–H and O–H groups in total. The molecule has 2 aromatic rings. The summed E-state index contributed by atoms with van der Waals surface area (Å²) in [4.78, 5) is 12.3. The van der Waals surface area contributed by atoms with Gasteiger partial charge in [-0.25, -0.2) is 0 Å². The first-order valence-electron chi connectivity index (χ1n) is 6.03. The largest absolute Gasteiger partial charge is 0.506 e. The number of fused-ring (bicyclic) bond motifs is 1. The van der Waals surface area contributed by atoms with Crippen molar-refractivity contribution in [2.75, 3.05) is 0 Å². The van der Waals surface area contributed by atoms with Crippen LogP contribution in [0.25, 0.3) is 0 Å². The molecule has 1 unspecified atom stereocenters. The van der Waals surface area contributed by atoms with Crippen LogP contribution in [0.15, 0.2) is 45.3 Å². The van der Waals surface area contributed by atoms with Gasteiger partial charge in [0, 0.05) is 0 Å². The zero-order valence-corrected chi connectivity index (χ0v) is 13.4. The number of carbonyl (C=O) groups excluding carboxylic acids is 1. The molecule has 0 aromatic heterocycles. The third kappa shape index (κ3) is 2.25. The molecule has 0 radical (unpaired) electrons. The minimum atomic E-state index is -0.326. The number of phenols is 1. The third-order valence-corrected chi connectivity index (χ3v) is 4.44. The van der Waals surface area contributed by atoms with Crippen molar-refractivity contribution < 1.29 is 14.6 Å². The van der Waals surface area contributed by atoms with E-state index >= 15 is 0 Å². The van der Waals surface area contributed by atoms with Gasteiger partial charge in [0.05, 0.1) is 15.4 Å². The molecule has 1 atom stereocenters. The van der Waals surface area contributed by atoms with Gasteiger partial charge in [-0.2, -0.15) is 0 Å². The summed E-state index contributed by atoms with van der Waals surface area (Å²) in [6, 6.07) is 11.3. The lowest BCUT2D eigenvalue weighted by Gasteiger charge is -2.27. The van der Waals surface area contributed by atoms with Gasteiger partial charge in [0.25, 0.3) is 0 Å². The molecule has 102 valence electrons. The number of hydrogen-bond donors (Lipinski definition) is 1. The van der Waals surface area contributed by atoms with E-state index in [0.717, 1.165) is 5.56 Å². The first-order valence-corrected chi connectivity index (χ1v) is 7.62. The van der Waals surface area contributed by atoms with Crippen LogP contribution >= 0.6 is 31.9 Å². The minimum absolute atomic E-state index is 0.0697. The fraction of sp³-hybridized carbons (Fsp3) is 0.133. The molecular weight excluding hydrogens is 388 g/mol. The zero-order chi connectivity index (χ0) is 14.3. The van der Waals surface area contributed by atoms with Crippen LogP contribution in [0.4, 0.5) is 0 Å². The standard InChI is InChI=1S/C15H10Br2O3/c16-9-6-10(17)15-13(14(9)19)11(18)7-12(20-15)8-4-2-1-3-5-8/h1-6,12,19H,7H2. The molecular formula is C15H10Br2O3. The first-order chi connectivity index (χ1) is 9.58. The van der Waals surface area contributed by atoms with Crippen molar-refractivity contribution in [3.63, 3.8) is 0 Å². The summed E-state index contributed by atoms with van der Waals surface area (Å²) in [7, 11) is 0. The average molecular weight is 398 g/mol. The lowest BCUT2D eigenvalue weighted by molar-refractivity contribution is 0.0843. The van der Waals surface area contributed by atoms with Gasteiger partial charge in [0.2, 0.25) is 0 Å². The highest BCUT2D eigenvalue weighted by atomic mass is 79.9. The second-order valence-electron chi connectivity index (χ2n) is 4.54. The molecule has 0 bridgehead atoms. The van der Waals surface area contributed by atoms with Crippen molar-refractivity contribution in [3.8, 4) is 11.5 Å². The highest BCUT2D eigenvalue weighted by Crippen LogP contribution is 2.46. The van der Waals surface area contributed by atoms with Gasteiger partial charge in [-0.3, -0.25) is 4.79 Å². The van der Waals surface area contributed by atoms with E-state index in [2.05, 4.69) is 31.9 Å². The van der Waals surface area contributed by atoms with Gasteiger partial charge >= 0.3 is 0 Å². The Morgan fingerprint density at radius 1 is 1.15 bits per heavy atom. The van der Waals surface area contributed by atoms with Crippen molar-refractivity contribution >= 4 is 37.6 Å². The average Bonchev–Trinajstić information content (AvgIpc) is 2.45. The number of rotatable bonds is 1. The lowest BCUT2D eigenvalue weighted by atomic mass is 9.96. The van der Waals surface area contributed by atoms with Gasteiger partial charge in [-0.05, 0) is 43.5 Å². The number of ether oxygens (including phenoxy) is 1. The van der Waals surface area contributed by atoms with E-state index in [1.54, 1.807) is 6.07 Å². The van der Waals surface area contributed by atoms with Gasteiger partial charge in [-0.15, -0.1) is 0 Å². The van der Waals surface area contributed by atoms with Crippen LogP contribution in [0, 0.1) is 0 Å². The van der Waals surface area contributed by atoms with E-state index in [1.165, 1.54) is 0 Å². The van der Waals surface area contributed by atoms with Crippen molar-refractivity contribution in [1.82, 2.24) is 0 Å². The van der Waals surface area contributed by atoms with Crippen LogP contribution in [-0.4, -0.2) is 10.9 Å². The molecule has 1 heterocycles. The predicted octanol–water partition coefficient (Wildman–Crippen LogP) is 4.62. The smallest absolute Gasteiger partial charge is 0.174 e. The molecule has 5 heteroatoms. The molecule has 3 rings (SSSR count). The summed E-state index contributed by atoms with van der Waals surface area (Å²) < 4.78 is 7.02. The Morgan fingerprint density at radius 3 is 2.55 bits per heavy atom. The van der Waals surface area contributed by atoms with E-state index in [-0.39, 0.29) is 29.6 Å². The Morgan fingerprint density at radius 2 is 1.85 bits per heavy atom. The predicted molar refractivity (Wildman–Crippen MR) is 82.3 cm³/mol. The Labute approximate surface area is 132 Å². The molecule has 1 aliphatic heterocycles. The monoisotopic (exact) mass is 396 g/mol. The SMILES string of the molecule is O=C1CC(c2ccccc2)Oc2c(Br)cc(Br)c(O)c21. The van der Waals surface area contributed by atoms with E-state index in [1.807, 2.05) is 30.3 Å². The number of halogens is 2. The maximum absolute atomic E-state index is 12.3. The van der Waals surface area contributed by atoms with Gasteiger partial charge in [0.15, 0.2) is 5.78 Å². The molecule has 0 aliphatic carbocycles. The quantitative estimate of drug-likeness (QED) is 0.763. The summed E-state index contributed by atoms with van der Waals surface area (Å²) in [5.41, 5.74) is 1.18. The van der Waals surface area contributed by atoms with Crippen molar-refractivity contribution in [3.05, 3.63) is 56.5 Å². The maximum atomic E-state index is 12.3. The van der Waals surface area contributed by atoms with Crippen molar-refractivity contribution in [2.45, 2.75) is 12.5 Å². The highest BCUT2D eigenvalue weighted by Gasteiger charge is 2.32. The van der Waals surface area contributed by atoms with E-state index in [0.29, 0.717) is 14.7 Å².